The van der Waals surface area contributed by atoms with Gasteiger partial charge in [0.2, 0.25) is 5.91 Å². The van der Waals surface area contributed by atoms with E-state index in [-0.39, 0.29) is 12.5 Å². The molecule has 23 heavy (non-hydrogen) atoms. The quantitative estimate of drug-likeness (QED) is 0.866. The molecule has 2 aliphatic heterocycles. The zero-order chi connectivity index (χ0) is 16.1. The highest BCUT2D eigenvalue weighted by molar-refractivity contribution is 5.79. The van der Waals surface area contributed by atoms with Crippen LogP contribution >= 0.6 is 0 Å². The van der Waals surface area contributed by atoms with Crippen molar-refractivity contribution in [3.05, 3.63) is 35.9 Å². The van der Waals surface area contributed by atoms with Crippen molar-refractivity contribution < 1.29 is 9.90 Å². The summed E-state index contributed by atoms with van der Waals surface area (Å²) in [6.07, 6.45) is 0.975. The highest BCUT2D eigenvalue weighted by Gasteiger charge is 2.32. The van der Waals surface area contributed by atoms with Crippen LogP contribution in [0.25, 0.3) is 0 Å². The molecule has 1 amide bonds. The molecule has 2 aliphatic rings. The van der Waals surface area contributed by atoms with Crippen LogP contribution in [0.2, 0.25) is 0 Å². The Bertz CT molecular complexity index is 500. The molecule has 5 nitrogen and oxygen atoms in total. The minimum atomic E-state index is 0.156. The lowest BCUT2D eigenvalue weighted by molar-refractivity contribution is -0.137. The second-order valence-corrected chi connectivity index (χ2v) is 6.60. The molecule has 0 aliphatic carbocycles. The number of benzene rings is 1. The van der Waals surface area contributed by atoms with E-state index in [1.165, 1.54) is 5.56 Å². The number of aliphatic hydroxyl groups is 1. The molecule has 0 aromatic heterocycles. The van der Waals surface area contributed by atoms with E-state index < -0.39 is 0 Å². The molecular formula is C18H27N3O2. The Morgan fingerprint density at radius 3 is 2.48 bits per heavy atom. The van der Waals surface area contributed by atoms with Crippen LogP contribution in [-0.2, 0) is 11.3 Å². The molecule has 1 atom stereocenters. The molecular weight excluding hydrogens is 290 g/mol. The number of nitrogens with zero attached hydrogens (tertiary/aromatic N) is 3. The summed E-state index contributed by atoms with van der Waals surface area (Å²) in [4.78, 5) is 19.3. The third kappa shape index (κ3) is 4.31. The smallest absolute Gasteiger partial charge is 0.227 e. The van der Waals surface area contributed by atoms with Gasteiger partial charge in [-0.2, -0.15) is 0 Å². The number of piperazine rings is 1. The molecule has 1 aromatic carbocycles. The maximum atomic E-state index is 12.7. The molecule has 2 fully saturated rings. The van der Waals surface area contributed by atoms with E-state index in [9.17, 15) is 4.79 Å². The number of carbonyl (C=O) groups is 1. The molecule has 0 saturated carbocycles. The Hall–Kier alpha value is -1.43. The van der Waals surface area contributed by atoms with Crippen LogP contribution in [-0.4, -0.2) is 78.1 Å². The van der Waals surface area contributed by atoms with Crippen LogP contribution in [0.4, 0.5) is 0 Å². The van der Waals surface area contributed by atoms with Crippen molar-refractivity contribution >= 4 is 5.91 Å². The fourth-order valence-electron chi connectivity index (χ4n) is 3.61. The standard InChI is InChI=1S/C18H27N3O2/c22-13-12-19-8-10-21(11-9-19)18(23)17-6-7-20(15-17)14-16-4-2-1-3-5-16/h1-5,17,22H,6-15H2. The third-order valence-electron chi connectivity index (χ3n) is 4.97. The molecule has 0 bridgehead atoms. The van der Waals surface area contributed by atoms with Crippen LogP contribution in [0, 0.1) is 5.92 Å². The van der Waals surface area contributed by atoms with Crippen molar-refractivity contribution in [2.75, 3.05) is 52.4 Å². The van der Waals surface area contributed by atoms with Crippen LogP contribution in [0.3, 0.4) is 0 Å². The van der Waals surface area contributed by atoms with Crippen molar-refractivity contribution in [2.45, 2.75) is 13.0 Å². The average Bonchev–Trinajstić information content (AvgIpc) is 3.05. The van der Waals surface area contributed by atoms with Gasteiger partial charge in [-0.3, -0.25) is 14.6 Å². The number of aliphatic hydroxyl groups excluding tert-OH is 1. The van der Waals surface area contributed by atoms with Gasteiger partial charge in [0.25, 0.3) is 0 Å². The first-order chi connectivity index (χ1) is 11.3. The van der Waals surface area contributed by atoms with Gasteiger partial charge in [0.05, 0.1) is 12.5 Å². The first kappa shape index (κ1) is 16.4. The summed E-state index contributed by atoms with van der Waals surface area (Å²) in [5.41, 5.74) is 1.32. The van der Waals surface area contributed by atoms with Crippen molar-refractivity contribution in [1.82, 2.24) is 14.7 Å². The van der Waals surface area contributed by atoms with E-state index in [0.717, 1.165) is 58.8 Å². The fourth-order valence-corrected chi connectivity index (χ4v) is 3.61. The Morgan fingerprint density at radius 2 is 1.78 bits per heavy atom. The van der Waals surface area contributed by atoms with Gasteiger partial charge in [0, 0.05) is 45.8 Å². The Labute approximate surface area is 138 Å². The van der Waals surface area contributed by atoms with Gasteiger partial charge in [-0.05, 0) is 18.5 Å². The molecule has 0 spiro atoms. The van der Waals surface area contributed by atoms with Crippen LogP contribution in [0.15, 0.2) is 30.3 Å². The molecule has 3 rings (SSSR count). The average molecular weight is 317 g/mol. The first-order valence-electron chi connectivity index (χ1n) is 8.64. The maximum absolute atomic E-state index is 12.7. The van der Waals surface area contributed by atoms with Crippen LogP contribution in [0.5, 0.6) is 0 Å². The van der Waals surface area contributed by atoms with E-state index in [1.807, 2.05) is 11.0 Å². The highest BCUT2D eigenvalue weighted by atomic mass is 16.3. The van der Waals surface area contributed by atoms with Gasteiger partial charge in [-0.15, -0.1) is 0 Å². The van der Waals surface area contributed by atoms with Crippen LogP contribution in [0.1, 0.15) is 12.0 Å². The summed E-state index contributed by atoms with van der Waals surface area (Å²) >= 11 is 0. The lowest BCUT2D eigenvalue weighted by Gasteiger charge is -2.35. The molecule has 1 N–H and O–H groups in total. The number of hydrogen-bond donors (Lipinski definition) is 1. The molecule has 5 heteroatoms. The van der Waals surface area contributed by atoms with Crippen LogP contribution < -0.4 is 0 Å². The zero-order valence-electron chi connectivity index (χ0n) is 13.7. The SMILES string of the molecule is O=C(C1CCN(Cc2ccccc2)C1)N1CCN(CCO)CC1. The van der Waals surface area contributed by atoms with Gasteiger partial charge < -0.3 is 10.0 Å². The summed E-state index contributed by atoms with van der Waals surface area (Å²) in [7, 11) is 0. The van der Waals surface area contributed by atoms with E-state index in [4.69, 9.17) is 5.11 Å². The van der Waals surface area contributed by atoms with E-state index in [0.29, 0.717) is 5.91 Å². The lowest BCUT2D eigenvalue weighted by atomic mass is 10.1. The summed E-state index contributed by atoms with van der Waals surface area (Å²) in [6.45, 7) is 7.11. The topological polar surface area (TPSA) is 47.0 Å². The Kier molecular flexibility index (Phi) is 5.65. The highest BCUT2D eigenvalue weighted by Crippen LogP contribution is 2.21. The summed E-state index contributed by atoms with van der Waals surface area (Å²) < 4.78 is 0. The number of hydrogen-bond acceptors (Lipinski definition) is 4. The van der Waals surface area contributed by atoms with Gasteiger partial charge in [-0.1, -0.05) is 30.3 Å². The maximum Gasteiger partial charge on any atom is 0.227 e. The van der Waals surface area contributed by atoms with Crippen molar-refractivity contribution in [3.63, 3.8) is 0 Å². The van der Waals surface area contributed by atoms with Gasteiger partial charge in [0.15, 0.2) is 0 Å². The van der Waals surface area contributed by atoms with Gasteiger partial charge in [0.1, 0.15) is 0 Å². The van der Waals surface area contributed by atoms with Crippen molar-refractivity contribution in [1.29, 1.82) is 0 Å². The summed E-state index contributed by atoms with van der Waals surface area (Å²) in [5.74, 6) is 0.479. The predicted molar refractivity (Wildman–Crippen MR) is 89.9 cm³/mol. The Morgan fingerprint density at radius 1 is 1.04 bits per heavy atom. The number of likely N-dealkylation sites (tertiary alicyclic amines) is 1. The second-order valence-electron chi connectivity index (χ2n) is 6.60. The van der Waals surface area contributed by atoms with Gasteiger partial charge >= 0.3 is 0 Å². The number of rotatable bonds is 5. The number of carbonyl (C=O) groups excluding carboxylic acids is 1. The zero-order valence-corrected chi connectivity index (χ0v) is 13.7. The molecule has 126 valence electrons. The van der Waals surface area contributed by atoms with E-state index in [2.05, 4.69) is 34.1 Å². The minimum Gasteiger partial charge on any atom is -0.395 e. The normalized spacial score (nSPS) is 23.3. The third-order valence-corrected chi connectivity index (χ3v) is 4.97. The lowest BCUT2D eigenvalue weighted by Crippen LogP contribution is -2.51. The molecule has 0 radical (unpaired) electrons. The van der Waals surface area contributed by atoms with Crippen molar-refractivity contribution in [3.8, 4) is 0 Å². The largest absolute Gasteiger partial charge is 0.395 e. The molecule has 2 saturated heterocycles. The summed E-state index contributed by atoms with van der Waals surface area (Å²) in [6, 6.07) is 10.5. The van der Waals surface area contributed by atoms with E-state index in [1.54, 1.807) is 0 Å². The predicted octanol–water partition coefficient (Wildman–Crippen LogP) is 0.645. The molecule has 1 unspecified atom stereocenters. The van der Waals surface area contributed by atoms with E-state index >= 15 is 0 Å². The molecule has 2 heterocycles. The second kappa shape index (κ2) is 7.90. The fraction of sp³-hybridized carbons (Fsp3) is 0.611. The Balaban J connectivity index is 1.46. The van der Waals surface area contributed by atoms with Gasteiger partial charge in [-0.25, -0.2) is 0 Å². The number of β-amino-alcohol motifs (C(OH)–C–C–N with tert-alkyl or cyclic N) is 1. The minimum absolute atomic E-state index is 0.156. The number of amides is 1. The summed E-state index contributed by atoms with van der Waals surface area (Å²) in [5, 5.41) is 8.99. The molecule has 1 aromatic rings. The van der Waals surface area contributed by atoms with Crippen molar-refractivity contribution in [2.24, 2.45) is 5.92 Å². The first-order valence-corrected chi connectivity index (χ1v) is 8.64. The monoisotopic (exact) mass is 317 g/mol.